The number of benzene rings is 4. The van der Waals surface area contributed by atoms with Crippen LogP contribution in [0.2, 0.25) is 0 Å². The zero-order chi connectivity index (χ0) is 30.6. The molecule has 4 rings (SSSR count). The van der Waals surface area contributed by atoms with Crippen molar-refractivity contribution in [3.63, 3.8) is 0 Å². The topological polar surface area (TPSA) is 18.5 Å². The fourth-order valence-corrected chi connectivity index (χ4v) is 4.08. The van der Waals surface area contributed by atoms with E-state index in [2.05, 4.69) is 16.1 Å². The summed E-state index contributed by atoms with van der Waals surface area (Å²) < 4.78 is 135. The van der Waals surface area contributed by atoms with Gasteiger partial charge in [0.05, 0.1) is 0 Å². The van der Waals surface area contributed by atoms with Gasteiger partial charge in [0.15, 0.2) is 23.6 Å². The number of allylic oxidation sites excluding steroid dienone is 1. The molecule has 0 aromatic heterocycles. The van der Waals surface area contributed by atoms with E-state index in [1.165, 1.54) is 12.1 Å². The van der Waals surface area contributed by atoms with Crippen molar-refractivity contribution in [2.24, 2.45) is 0 Å². The van der Waals surface area contributed by atoms with Crippen molar-refractivity contribution < 1.29 is 49.0 Å². The third-order valence-corrected chi connectivity index (χ3v) is 6.01. The van der Waals surface area contributed by atoms with E-state index in [1.54, 1.807) is 12.1 Å². The number of hydrogen-bond donors (Lipinski definition) is 0. The van der Waals surface area contributed by atoms with Crippen molar-refractivity contribution in [3.8, 4) is 33.8 Å². The summed E-state index contributed by atoms with van der Waals surface area (Å²) in [6.45, 7) is 3.57. The van der Waals surface area contributed by atoms with Gasteiger partial charge in [-0.1, -0.05) is 30.3 Å². The van der Waals surface area contributed by atoms with Gasteiger partial charge in [-0.05, 0) is 77.6 Å². The number of aryl methyl sites for hydroxylation is 1. The first-order valence-electron chi connectivity index (χ1n) is 12.1. The van der Waals surface area contributed by atoms with Crippen LogP contribution in [0.1, 0.15) is 17.5 Å². The minimum absolute atomic E-state index is 0.0986. The van der Waals surface area contributed by atoms with Gasteiger partial charge in [-0.2, -0.15) is 17.6 Å². The molecule has 0 unspecified atom stereocenters. The molecular weight excluding hydrogens is 575 g/mol. The standard InChI is InChI=1S/C31H19F9O2/c1-2-3-4-17-5-10-22(23(32)11-17)20-14-24(33)29(25(34)15-20)31(39,40)42-21-8-6-18(7-9-21)19-12-26(35)30(27(36)13-19)41-16-28(37)38/h2,5-16H,1,3-4H2. The quantitative estimate of drug-likeness (QED) is 0.103. The predicted octanol–water partition coefficient (Wildman–Crippen LogP) is 10.1. The first-order valence-corrected chi connectivity index (χ1v) is 12.1. The van der Waals surface area contributed by atoms with E-state index in [1.807, 2.05) is 0 Å². The van der Waals surface area contributed by atoms with E-state index >= 15 is 0 Å². The average molecular weight is 594 g/mol. The minimum Gasteiger partial charge on any atom is -0.453 e. The van der Waals surface area contributed by atoms with Crippen molar-refractivity contribution in [1.82, 2.24) is 0 Å². The zero-order valence-corrected chi connectivity index (χ0v) is 21.3. The normalized spacial score (nSPS) is 11.3. The molecule has 4 aromatic rings. The lowest BCUT2D eigenvalue weighted by molar-refractivity contribution is -0.189. The second kappa shape index (κ2) is 12.5. The van der Waals surface area contributed by atoms with Gasteiger partial charge >= 0.3 is 12.2 Å². The van der Waals surface area contributed by atoms with Gasteiger partial charge in [-0.15, -0.1) is 6.58 Å². The van der Waals surface area contributed by atoms with Gasteiger partial charge in [0, 0.05) is 5.56 Å². The molecule has 0 bridgehead atoms. The highest BCUT2D eigenvalue weighted by molar-refractivity contribution is 5.66. The van der Waals surface area contributed by atoms with Crippen LogP contribution in [0.5, 0.6) is 11.5 Å². The van der Waals surface area contributed by atoms with Gasteiger partial charge < -0.3 is 9.47 Å². The number of hydrogen-bond acceptors (Lipinski definition) is 2. The van der Waals surface area contributed by atoms with Gasteiger partial charge in [0.25, 0.3) is 0 Å². The fraction of sp³-hybridized carbons (Fsp3) is 0.0968. The Hall–Kier alpha value is -4.67. The molecule has 0 N–H and O–H groups in total. The van der Waals surface area contributed by atoms with E-state index in [9.17, 15) is 39.5 Å². The monoisotopic (exact) mass is 594 g/mol. The molecule has 2 nitrogen and oxygen atoms in total. The molecule has 0 fully saturated rings. The Morgan fingerprint density at radius 1 is 0.714 bits per heavy atom. The van der Waals surface area contributed by atoms with Crippen LogP contribution < -0.4 is 9.47 Å². The predicted molar refractivity (Wildman–Crippen MR) is 138 cm³/mol. The van der Waals surface area contributed by atoms with Gasteiger partial charge in [0.1, 0.15) is 28.8 Å². The molecular formula is C31H19F9O2. The van der Waals surface area contributed by atoms with Crippen LogP contribution in [0.4, 0.5) is 39.5 Å². The summed E-state index contributed by atoms with van der Waals surface area (Å²) in [4.78, 5) is 0. The summed E-state index contributed by atoms with van der Waals surface area (Å²) in [6, 6.07) is 10.8. The second-order valence-electron chi connectivity index (χ2n) is 8.89. The van der Waals surface area contributed by atoms with E-state index in [0.29, 0.717) is 30.5 Å². The Labute approximate surface area is 233 Å². The Balaban J connectivity index is 1.55. The molecule has 0 aliphatic carbocycles. The highest BCUT2D eigenvalue weighted by atomic mass is 19.3. The lowest BCUT2D eigenvalue weighted by atomic mass is 9.99. The van der Waals surface area contributed by atoms with E-state index < -0.39 is 58.3 Å². The van der Waals surface area contributed by atoms with Crippen LogP contribution >= 0.6 is 0 Å². The van der Waals surface area contributed by atoms with Crippen LogP contribution in [0.3, 0.4) is 0 Å². The van der Waals surface area contributed by atoms with Gasteiger partial charge in [-0.3, -0.25) is 0 Å². The van der Waals surface area contributed by atoms with Crippen LogP contribution in [-0.4, -0.2) is 0 Å². The average Bonchev–Trinajstić information content (AvgIpc) is 2.90. The summed E-state index contributed by atoms with van der Waals surface area (Å²) in [5.41, 5.74) is -1.60. The molecule has 0 saturated carbocycles. The molecule has 11 heteroatoms. The molecule has 0 saturated heterocycles. The zero-order valence-electron chi connectivity index (χ0n) is 21.3. The summed E-state index contributed by atoms with van der Waals surface area (Å²) >= 11 is 0. The van der Waals surface area contributed by atoms with E-state index in [4.69, 9.17) is 0 Å². The molecule has 0 aliphatic rings. The molecule has 0 radical (unpaired) electrons. The smallest absolute Gasteiger partial charge is 0.432 e. The Morgan fingerprint density at radius 3 is 1.86 bits per heavy atom. The number of ether oxygens (including phenoxy) is 2. The number of rotatable bonds is 10. The fourth-order valence-electron chi connectivity index (χ4n) is 4.08. The molecule has 4 aromatic carbocycles. The largest absolute Gasteiger partial charge is 0.453 e. The maximum Gasteiger partial charge on any atom is 0.432 e. The summed E-state index contributed by atoms with van der Waals surface area (Å²) in [5.74, 6) is -8.42. The first-order chi connectivity index (χ1) is 19.9. The van der Waals surface area contributed by atoms with Crippen LogP contribution in [0.25, 0.3) is 22.3 Å². The SMILES string of the molecule is C=CCCc1ccc(-c2cc(F)c(C(F)(F)Oc3ccc(-c4cc(F)c(OC=C(F)F)c(F)c4)cc3)c(F)c2)c(F)c1. The highest BCUT2D eigenvalue weighted by Gasteiger charge is 2.41. The van der Waals surface area contributed by atoms with Crippen molar-refractivity contribution >= 4 is 0 Å². The third kappa shape index (κ3) is 6.79. The van der Waals surface area contributed by atoms with Gasteiger partial charge in [-0.25, -0.2) is 22.0 Å². The minimum atomic E-state index is -4.52. The molecule has 0 atom stereocenters. The highest BCUT2D eigenvalue weighted by Crippen LogP contribution is 2.38. The van der Waals surface area contributed by atoms with Crippen molar-refractivity contribution in [3.05, 3.63) is 132 Å². The molecule has 42 heavy (non-hydrogen) atoms. The Bertz CT molecular complexity index is 1600. The van der Waals surface area contributed by atoms with Crippen molar-refractivity contribution in [2.45, 2.75) is 19.0 Å². The Kier molecular flexibility index (Phi) is 8.99. The van der Waals surface area contributed by atoms with Crippen molar-refractivity contribution in [2.75, 3.05) is 0 Å². The lowest BCUT2D eigenvalue weighted by Gasteiger charge is -2.20. The number of halogens is 9. The first kappa shape index (κ1) is 30.3. The molecule has 218 valence electrons. The lowest BCUT2D eigenvalue weighted by Crippen LogP contribution is -2.25. The molecule has 0 aliphatic heterocycles. The Morgan fingerprint density at radius 2 is 1.31 bits per heavy atom. The number of alkyl halides is 2. The molecule has 0 amide bonds. The summed E-state index contributed by atoms with van der Waals surface area (Å²) in [5, 5.41) is 0. The maximum absolute atomic E-state index is 14.9. The van der Waals surface area contributed by atoms with Crippen LogP contribution in [-0.2, 0) is 12.5 Å². The van der Waals surface area contributed by atoms with Crippen LogP contribution in [0.15, 0.2) is 91.7 Å². The van der Waals surface area contributed by atoms with Crippen molar-refractivity contribution in [1.29, 1.82) is 0 Å². The summed E-state index contributed by atoms with van der Waals surface area (Å²) in [7, 11) is 0. The third-order valence-electron chi connectivity index (χ3n) is 6.01. The van der Waals surface area contributed by atoms with Crippen LogP contribution in [0, 0.1) is 29.1 Å². The second-order valence-corrected chi connectivity index (χ2v) is 8.89. The van der Waals surface area contributed by atoms with Gasteiger partial charge in [0.2, 0.25) is 0 Å². The molecule has 0 spiro atoms. The molecule has 0 heterocycles. The van der Waals surface area contributed by atoms with E-state index in [-0.39, 0.29) is 28.5 Å². The van der Waals surface area contributed by atoms with E-state index in [0.717, 1.165) is 36.4 Å². The maximum atomic E-state index is 14.9. The summed E-state index contributed by atoms with van der Waals surface area (Å²) in [6.07, 6.45) is -4.27.